The Labute approximate surface area is 122 Å². The molecular weight excluding hydrogens is 329 g/mol. The van der Waals surface area contributed by atoms with Gasteiger partial charge in [0.1, 0.15) is 5.82 Å². The molecule has 0 saturated heterocycles. The molecule has 4 nitrogen and oxygen atoms in total. The van der Waals surface area contributed by atoms with E-state index in [0.717, 1.165) is 4.57 Å². The third-order valence-corrected chi connectivity index (χ3v) is 3.67. The third-order valence-electron chi connectivity index (χ3n) is 3.03. The summed E-state index contributed by atoms with van der Waals surface area (Å²) in [7, 11) is 0. The summed E-state index contributed by atoms with van der Waals surface area (Å²) < 4.78 is 15.4. The molecule has 0 fully saturated rings. The maximum Gasteiger partial charge on any atom is 0.337 e. The molecule has 20 heavy (non-hydrogen) atoms. The molecule has 0 amide bonds. The summed E-state index contributed by atoms with van der Waals surface area (Å²) in [6.07, 6.45) is 0. The predicted octanol–water partition coefficient (Wildman–Crippen LogP) is 3.05. The number of aryl methyl sites for hydroxylation is 1. The van der Waals surface area contributed by atoms with E-state index < -0.39 is 17.3 Å². The Morgan fingerprint density at radius 3 is 2.55 bits per heavy atom. The second-order valence-electron chi connectivity index (χ2n) is 4.34. The van der Waals surface area contributed by atoms with Crippen molar-refractivity contribution < 1.29 is 14.3 Å². The SMILES string of the molecule is Cc1cc(=O)n(-c2c(F)cccc2Br)c(C)c1C(=O)O. The molecular formula is C14H11BrFNO3. The first-order chi connectivity index (χ1) is 9.34. The summed E-state index contributed by atoms with van der Waals surface area (Å²) in [5.74, 6) is -1.76. The zero-order valence-electron chi connectivity index (χ0n) is 10.8. The monoisotopic (exact) mass is 339 g/mol. The predicted molar refractivity (Wildman–Crippen MR) is 76.1 cm³/mol. The summed E-state index contributed by atoms with van der Waals surface area (Å²) in [5, 5.41) is 9.23. The summed E-state index contributed by atoms with van der Waals surface area (Å²) >= 11 is 3.19. The maximum atomic E-state index is 14.0. The number of aromatic carboxylic acids is 1. The van der Waals surface area contributed by atoms with Crippen molar-refractivity contribution in [3.63, 3.8) is 0 Å². The van der Waals surface area contributed by atoms with E-state index in [9.17, 15) is 19.1 Å². The van der Waals surface area contributed by atoms with Crippen LogP contribution in [0.25, 0.3) is 5.69 Å². The summed E-state index contributed by atoms with van der Waals surface area (Å²) in [5.41, 5.74) is 0.0741. The van der Waals surface area contributed by atoms with Gasteiger partial charge in [-0.15, -0.1) is 0 Å². The molecule has 1 N–H and O–H groups in total. The molecule has 6 heteroatoms. The van der Waals surface area contributed by atoms with Crippen molar-refractivity contribution in [2.75, 3.05) is 0 Å². The maximum absolute atomic E-state index is 14.0. The molecule has 0 atom stereocenters. The minimum atomic E-state index is -1.15. The van der Waals surface area contributed by atoms with Crippen LogP contribution < -0.4 is 5.56 Å². The summed E-state index contributed by atoms with van der Waals surface area (Å²) in [4.78, 5) is 23.4. The Morgan fingerprint density at radius 2 is 2.00 bits per heavy atom. The van der Waals surface area contributed by atoms with E-state index in [1.165, 1.54) is 25.1 Å². The molecule has 1 aromatic carbocycles. The van der Waals surface area contributed by atoms with Gasteiger partial charge in [-0.2, -0.15) is 0 Å². The van der Waals surface area contributed by atoms with Gasteiger partial charge in [0.15, 0.2) is 0 Å². The third kappa shape index (κ3) is 2.27. The Balaban J connectivity index is 2.92. The van der Waals surface area contributed by atoms with Gasteiger partial charge in [0.05, 0.1) is 11.3 Å². The molecule has 0 bridgehead atoms. The van der Waals surface area contributed by atoms with Crippen LogP contribution in [0.15, 0.2) is 33.5 Å². The van der Waals surface area contributed by atoms with E-state index in [1.54, 1.807) is 13.0 Å². The fraction of sp³-hybridized carbons (Fsp3) is 0.143. The number of hydrogen-bond donors (Lipinski definition) is 1. The van der Waals surface area contributed by atoms with Crippen LogP contribution in [0.2, 0.25) is 0 Å². The number of benzene rings is 1. The number of pyridine rings is 1. The van der Waals surface area contributed by atoms with Gasteiger partial charge < -0.3 is 5.11 Å². The van der Waals surface area contributed by atoms with Crippen LogP contribution in [0, 0.1) is 19.7 Å². The zero-order chi connectivity index (χ0) is 15.0. The lowest BCUT2D eigenvalue weighted by molar-refractivity contribution is 0.0694. The van der Waals surface area contributed by atoms with Crippen LogP contribution in [0.5, 0.6) is 0 Å². The first-order valence-corrected chi connectivity index (χ1v) is 6.55. The molecule has 104 valence electrons. The van der Waals surface area contributed by atoms with Gasteiger partial charge in [0.25, 0.3) is 5.56 Å². The summed E-state index contributed by atoms with van der Waals surface area (Å²) in [6, 6.07) is 5.49. The van der Waals surface area contributed by atoms with Crippen LogP contribution in [0.3, 0.4) is 0 Å². The smallest absolute Gasteiger partial charge is 0.337 e. The van der Waals surface area contributed by atoms with Gasteiger partial charge in [-0.3, -0.25) is 9.36 Å². The van der Waals surface area contributed by atoms with Crippen molar-refractivity contribution in [3.8, 4) is 5.69 Å². The van der Waals surface area contributed by atoms with Crippen molar-refractivity contribution in [2.24, 2.45) is 0 Å². The second kappa shape index (κ2) is 5.20. The van der Waals surface area contributed by atoms with Crippen molar-refractivity contribution in [2.45, 2.75) is 13.8 Å². The molecule has 1 heterocycles. The van der Waals surface area contributed by atoms with Crippen molar-refractivity contribution in [1.82, 2.24) is 4.57 Å². The minimum absolute atomic E-state index is 0.000229. The van der Waals surface area contributed by atoms with Gasteiger partial charge in [-0.1, -0.05) is 6.07 Å². The van der Waals surface area contributed by atoms with E-state index in [0.29, 0.717) is 10.0 Å². The minimum Gasteiger partial charge on any atom is -0.478 e. The highest BCUT2D eigenvalue weighted by atomic mass is 79.9. The number of carboxylic acid groups (broad SMARTS) is 1. The van der Waals surface area contributed by atoms with E-state index in [2.05, 4.69) is 15.9 Å². The van der Waals surface area contributed by atoms with Gasteiger partial charge in [0.2, 0.25) is 0 Å². The van der Waals surface area contributed by atoms with Gasteiger partial charge in [-0.25, -0.2) is 9.18 Å². The van der Waals surface area contributed by atoms with Gasteiger partial charge in [-0.05, 0) is 47.5 Å². The molecule has 0 aliphatic heterocycles. The molecule has 1 aromatic heterocycles. The second-order valence-corrected chi connectivity index (χ2v) is 5.19. The van der Waals surface area contributed by atoms with E-state index in [4.69, 9.17) is 0 Å². The molecule has 0 radical (unpaired) electrons. The highest BCUT2D eigenvalue weighted by molar-refractivity contribution is 9.10. The Bertz CT molecular complexity index is 747. The number of aromatic nitrogens is 1. The average Bonchev–Trinajstić information content (AvgIpc) is 2.31. The average molecular weight is 340 g/mol. The lowest BCUT2D eigenvalue weighted by Crippen LogP contribution is -2.25. The van der Waals surface area contributed by atoms with E-state index in [-0.39, 0.29) is 16.9 Å². The van der Waals surface area contributed by atoms with Crippen LogP contribution in [0.4, 0.5) is 4.39 Å². The number of carbonyl (C=O) groups is 1. The summed E-state index contributed by atoms with van der Waals surface area (Å²) in [6.45, 7) is 3.02. The first kappa shape index (κ1) is 14.5. The van der Waals surface area contributed by atoms with Gasteiger partial charge >= 0.3 is 5.97 Å². The number of hydrogen-bond acceptors (Lipinski definition) is 2. The molecule has 2 aromatic rings. The number of carboxylic acids is 1. The lowest BCUT2D eigenvalue weighted by atomic mass is 10.1. The lowest BCUT2D eigenvalue weighted by Gasteiger charge is -2.15. The fourth-order valence-electron chi connectivity index (χ4n) is 2.19. The largest absolute Gasteiger partial charge is 0.478 e. The Hall–Kier alpha value is -1.95. The van der Waals surface area contributed by atoms with Crippen LogP contribution in [-0.2, 0) is 0 Å². The molecule has 0 aliphatic carbocycles. The molecule has 0 unspecified atom stereocenters. The zero-order valence-corrected chi connectivity index (χ0v) is 12.4. The van der Waals surface area contributed by atoms with Crippen LogP contribution in [-0.4, -0.2) is 15.6 Å². The fourth-order valence-corrected chi connectivity index (χ4v) is 2.71. The van der Waals surface area contributed by atoms with E-state index in [1.807, 2.05) is 0 Å². The quantitative estimate of drug-likeness (QED) is 0.914. The van der Waals surface area contributed by atoms with Crippen LogP contribution in [0.1, 0.15) is 21.6 Å². The number of nitrogens with zero attached hydrogens (tertiary/aromatic N) is 1. The molecule has 0 spiro atoms. The molecule has 0 saturated carbocycles. The highest BCUT2D eigenvalue weighted by Crippen LogP contribution is 2.25. The number of halogens is 2. The topological polar surface area (TPSA) is 59.3 Å². The van der Waals surface area contributed by atoms with Crippen molar-refractivity contribution in [1.29, 1.82) is 0 Å². The Kier molecular flexibility index (Phi) is 3.76. The number of para-hydroxylation sites is 1. The normalized spacial score (nSPS) is 10.6. The molecule has 0 aliphatic rings. The van der Waals surface area contributed by atoms with E-state index >= 15 is 0 Å². The first-order valence-electron chi connectivity index (χ1n) is 5.75. The van der Waals surface area contributed by atoms with Crippen molar-refractivity contribution >= 4 is 21.9 Å². The number of rotatable bonds is 2. The molecule has 2 rings (SSSR count). The van der Waals surface area contributed by atoms with Gasteiger partial charge in [0, 0.05) is 16.2 Å². The highest BCUT2D eigenvalue weighted by Gasteiger charge is 2.19. The Morgan fingerprint density at radius 1 is 1.35 bits per heavy atom. The standard InChI is InChI=1S/C14H11BrFNO3/c1-7-6-11(18)17(8(2)12(7)14(19)20)13-9(15)4-3-5-10(13)16/h3-6H,1-2H3,(H,19,20). The van der Waals surface area contributed by atoms with Crippen molar-refractivity contribution in [3.05, 3.63) is 61.7 Å². The van der Waals surface area contributed by atoms with Crippen LogP contribution >= 0.6 is 15.9 Å².